The highest BCUT2D eigenvalue weighted by atomic mass is 35.5. The Morgan fingerprint density at radius 1 is 1.41 bits per heavy atom. The number of rotatable bonds is 7. The third kappa shape index (κ3) is 5.15. The van der Waals surface area contributed by atoms with Crippen LogP contribution in [0.2, 0.25) is 0 Å². The summed E-state index contributed by atoms with van der Waals surface area (Å²) in [6.07, 6.45) is 2.21. The second-order valence-corrected chi connectivity index (χ2v) is 10.2. The van der Waals surface area contributed by atoms with Crippen LogP contribution in [0, 0.1) is 0 Å². The molecule has 15 heteroatoms. The van der Waals surface area contributed by atoms with Crippen LogP contribution < -0.4 is 16.2 Å². The Hall–Kier alpha value is -2.39. The molecule has 188 valence electrons. The number of thiazole rings is 1. The number of carboxylic acid groups (broad SMARTS) is 1. The Bertz CT molecular complexity index is 1020. The number of nitrogen functional groups attached to an aromatic ring is 1. The summed E-state index contributed by atoms with van der Waals surface area (Å²) in [6, 6.07) is -0.891. The van der Waals surface area contributed by atoms with Gasteiger partial charge in [-0.1, -0.05) is 5.16 Å². The Kier molecular flexibility index (Phi) is 8.93. The fraction of sp³-hybridized carbons (Fsp3) is 0.526. The maximum absolute atomic E-state index is 12.9. The van der Waals surface area contributed by atoms with Crippen molar-refractivity contribution >= 4 is 64.1 Å². The molecule has 1 aromatic rings. The number of halogens is 1. The Labute approximate surface area is 210 Å². The summed E-state index contributed by atoms with van der Waals surface area (Å²) in [6.45, 7) is 2.53. The summed E-state index contributed by atoms with van der Waals surface area (Å²) in [4.78, 5) is 47.7. The van der Waals surface area contributed by atoms with E-state index < -0.39 is 29.2 Å². The molecule has 5 N–H and O–H groups in total. The number of hydrogen-bond acceptors (Lipinski definition) is 10. The van der Waals surface area contributed by atoms with Crippen molar-refractivity contribution in [1.29, 1.82) is 0 Å². The van der Waals surface area contributed by atoms with E-state index in [-0.39, 0.29) is 40.1 Å². The standard InChI is InChI=1S/C19H24N6O5S2.ClH.H2O/c1-25(5-3-4-6-25)7-10-8-31-17-13(16(27)24(17)14(10)18(28)29)22-15(26)12(23-30-2)11-9-32-19(20)21-11;;/h9,13,17H,3-8H2,1-2H3,(H3-,20,21,22,26,28,29);1H;1H2/b23-12+;;/t13-,17-;;/m1../s1. The first-order valence-corrected chi connectivity index (χ1v) is 12.0. The second-order valence-electron chi connectivity index (χ2n) is 8.23. The first-order chi connectivity index (χ1) is 15.2. The highest BCUT2D eigenvalue weighted by Crippen LogP contribution is 2.41. The smallest absolute Gasteiger partial charge is 0.276 e. The summed E-state index contributed by atoms with van der Waals surface area (Å²) in [5.41, 5.74) is 6.39. The summed E-state index contributed by atoms with van der Waals surface area (Å²) in [5.74, 6) is -2.06. The number of fused-ring (bicyclic) bond motifs is 1. The molecule has 0 radical (unpaired) electrons. The van der Waals surface area contributed by atoms with E-state index in [1.165, 1.54) is 23.8 Å². The summed E-state index contributed by atoms with van der Waals surface area (Å²) in [5, 5.41) is 19.6. The Morgan fingerprint density at radius 3 is 2.65 bits per heavy atom. The first-order valence-electron chi connectivity index (χ1n) is 10.1. The highest BCUT2D eigenvalue weighted by Gasteiger charge is 2.53. The number of β-lactam (4-membered cyclic amide) rings is 1. The Morgan fingerprint density at radius 2 is 2.09 bits per heavy atom. The van der Waals surface area contributed by atoms with Gasteiger partial charge in [0.05, 0.1) is 31.8 Å². The van der Waals surface area contributed by atoms with Crippen LogP contribution in [-0.4, -0.2) is 94.3 Å². The molecule has 0 unspecified atom stereocenters. The van der Waals surface area contributed by atoms with E-state index in [0.717, 1.165) is 41.8 Å². The molecule has 4 rings (SSSR count). The van der Waals surface area contributed by atoms with Crippen molar-refractivity contribution in [2.75, 3.05) is 45.3 Å². The van der Waals surface area contributed by atoms with Gasteiger partial charge in [-0.05, 0) is 0 Å². The minimum atomic E-state index is -1.37. The number of hydrogen-bond donors (Lipinski definition) is 2. The molecule has 3 aliphatic rings. The van der Waals surface area contributed by atoms with Crippen molar-refractivity contribution in [3.05, 3.63) is 22.3 Å². The number of carbonyl (C=O) groups is 3. The Balaban J connectivity index is 0.00000204. The maximum atomic E-state index is 12.9. The molecule has 0 aliphatic carbocycles. The molecule has 2 saturated heterocycles. The van der Waals surface area contributed by atoms with E-state index in [0.29, 0.717) is 17.9 Å². The summed E-state index contributed by atoms with van der Waals surface area (Å²) < 4.78 is 0.757. The van der Waals surface area contributed by atoms with Gasteiger partial charge in [-0.2, -0.15) is 0 Å². The number of aromatic nitrogens is 1. The van der Waals surface area contributed by atoms with Gasteiger partial charge in [0.25, 0.3) is 11.8 Å². The first kappa shape index (κ1) is 27.9. The predicted molar refractivity (Wildman–Crippen MR) is 128 cm³/mol. The third-order valence-corrected chi connectivity index (χ3v) is 7.92. The lowest BCUT2D eigenvalue weighted by Crippen LogP contribution is -2.71. The number of nitrogens with zero attached hydrogens (tertiary/aromatic N) is 4. The number of nitrogens with one attached hydrogen (secondary N) is 1. The van der Waals surface area contributed by atoms with E-state index in [9.17, 15) is 19.5 Å². The monoisotopic (exact) mass is 534 g/mol. The SMILES string of the molecule is CO/N=C(/C(=O)N[C@@H]1C(=O)N2C(C(=O)[O-])=C(C[N+]3(C)CCCC3)CS[C@H]12)c1csc(N)n1.Cl.O. The molecule has 0 bridgehead atoms. The zero-order chi connectivity index (χ0) is 23.0. The summed E-state index contributed by atoms with van der Waals surface area (Å²) in [7, 11) is 3.39. The average Bonchev–Trinajstić information content (AvgIpc) is 3.37. The predicted octanol–water partition coefficient (Wildman–Crippen LogP) is -1.68. The van der Waals surface area contributed by atoms with Crippen molar-refractivity contribution in [2.45, 2.75) is 24.3 Å². The molecule has 0 spiro atoms. The molecule has 3 aliphatic heterocycles. The number of likely N-dealkylation sites (N-methyl/N-ethyl adjacent to an activating group) is 1. The number of oxime groups is 1. The molecule has 0 aromatic carbocycles. The molecule has 0 saturated carbocycles. The van der Waals surface area contributed by atoms with Gasteiger partial charge in [-0.3, -0.25) is 14.5 Å². The minimum Gasteiger partial charge on any atom is -0.543 e. The normalized spacial score (nSPS) is 23.3. The lowest BCUT2D eigenvalue weighted by molar-refractivity contribution is -0.893. The van der Waals surface area contributed by atoms with Crippen molar-refractivity contribution in [3.63, 3.8) is 0 Å². The number of thioether (sulfide) groups is 1. The molecule has 2 amide bonds. The van der Waals surface area contributed by atoms with Crippen LogP contribution in [0.3, 0.4) is 0 Å². The highest BCUT2D eigenvalue weighted by molar-refractivity contribution is 8.00. The number of quaternary nitrogens is 1. The van der Waals surface area contributed by atoms with E-state index in [1.54, 1.807) is 5.38 Å². The van der Waals surface area contributed by atoms with Crippen LogP contribution in [0.25, 0.3) is 0 Å². The topological polar surface area (TPSA) is 182 Å². The van der Waals surface area contributed by atoms with Crippen LogP contribution in [0.5, 0.6) is 0 Å². The van der Waals surface area contributed by atoms with Gasteiger partial charge in [-0.25, -0.2) is 4.98 Å². The molecule has 34 heavy (non-hydrogen) atoms. The average molecular weight is 535 g/mol. The van der Waals surface area contributed by atoms with E-state index in [2.05, 4.69) is 22.5 Å². The van der Waals surface area contributed by atoms with E-state index in [4.69, 9.17) is 10.6 Å². The number of carbonyl (C=O) groups excluding carboxylic acids is 3. The van der Waals surface area contributed by atoms with Gasteiger partial charge in [0.1, 0.15) is 30.8 Å². The van der Waals surface area contributed by atoms with Gasteiger partial charge >= 0.3 is 0 Å². The minimum absolute atomic E-state index is 0. The lowest BCUT2D eigenvalue weighted by Gasteiger charge is -2.51. The molecule has 2 atom stereocenters. The fourth-order valence-electron chi connectivity index (χ4n) is 4.41. The largest absolute Gasteiger partial charge is 0.543 e. The van der Waals surface area contributed by atoms with Crippen LogP contribution in [-0.2, 0) is 19.2 Å². The van der Waals surface area contributed by atoms with Crippen LogP contribution in [0.15, 0.2) is 21.8 Å². The lowest BCUT2D eigenvalue weighted by atomic mass is 10.0. The van der Waals surface area contributed by atoms with Crippen molar-refractivity contribution in [2.24, 2.45) is 5.16 Å². The van der Waals surface area contributed by atoms with Gasteiger partial charge < -0.3 is 35.7 Å². The molecular weight excluding hydrogens is 508 g/mol. The summed E-state index contributed by atoms with van der Waals surface area (Å²) >= 11 is 2.57. The van der Waals surface area contributed by atoms with Gasteiger partial charge in [0, 0.05) is 29.5 Å². The van der Waals surface area contributed by atoms with Crippen LogP contribution in [0.4, 0.5) is 5.13 Å². The number of aliphatic carboxylic acids is 1. The van der Waals surface area contributed by atoms with Crippen molar-refractivity contribution in [3.8, 4) is 0 Å². The molecule has 12 nitrogen and oxygen atoms in total. The van der Waals surface area contributed by atoms with Crippen LogP contribution in [0.1, 0.15) is 18.5 Å². The molecular formula is C19H27ClN6O6S2. The van der Waals surface area contributed by atoms with Crippen molar-refractivity contribution in [1.82, 2.24) is 15.2 Å². The van der Waals surface area contributed by atoms with E-state index >= 15 is 0 Å². The fourth-order valence-corrected chi connectivity index (χ4v) is 6.30. The maximum Gasteiger partial charge on any atom is 0.276 e. The molecule has 4 heterocycles. The molecule has 2 fully saturated rings. The number of anilines is 1. The number of nitrogens with two attached hydrogens (primary N) is 1. The zero-order valence-electron chi connectivity index (χ0n) is 18.6. The second kappa shape index (κ2) is 10.9. The third-order valence-electron chi connectivity index (χ3n) is 5.91. The quantitative estimate of drug-likeness (QED) is 0.180. The van der Waals surface area contributed by atoms with Crippen molar-refractivity contribution < 1.29 is 34.3 Å². The van der Waals surface area contributed by atoms with Gasteiger partial charge in [-0.15, -0.1) is 35.5 Å². The van der Waals surface area contributed by atoms with Crippen LogP contribution >= 0.6 is 35.5 Å². The number of amides is 2. The number of likely N-dealkylation sites (tertiary alicyclic amines) is 1. The molecule has 1 aromatic heterocycles. The van der Waals surface area contributed by atoms with Gasteiger partial charge in [0.2, 0.25) is 0 Å². The number of carboxylic acids is 1. The van der Waals surface area contributed by atoms with Gasteiger partial charge in [0.15, 0.2) is 10.8 Å². The van der Waals surface area contributed by atoms with E-state index in [1.807, 2.05) is 0 Å². The zero-order valence-corrected chi connectivity index (χ0v) is 21.1.